The number of aryl methyl sites for hydroxylation is 1. The van der Waals surface area contributed by atoms with Gasteiger partial charge in [0.1, 0.15) is 11.6 Å². The molecule has 1 aromatic carbocycles. The van der Waals surface area contributed by atoms with Crippen molar-refractivity contribution in [1.29, 1.82) is 5.41 Å². The number of hydrogen-bond donors (Lipinski definition) is 5. The number of halogens is 1. The Bertz CT molecular complexity index is 1030. The lowest BCUT2D eigenvalue weighted by Crippen LogP contribution is -2.40. The van der Waals surface area contributed by atoms with Gasteiger partial charge in [-0.1, -0.05) is 6.07 Å². The zero-order chi connectivity index (χ0) is 19.0. The van der Waals surface area contributed by atoms with Crippen molar-refractivity contribution in [2.75, 3.05) is 22.2 Å². The summed E-state index contributed by atoms with van der Waals surface area (Å²) in [5.41, 5.74) is 15.2. The number of nitrogens with two attached hydrogens (primary N) is 2. The summed E-state index contributed by atoms with van der Waals surface area (Å²) in [6.07, 6.45) is 3.34. The topological polar surface area (TPSA) is 131 Å². The molecular formula is C18H20FN7O. The van der Waals surface area contributed by atoms with E-state index in [2.05, 4.69) is 15.7 Å². The lowest BCUT2D eigenvalue weighted by Gasteiger charge is -2.28. The molecular weight excluding hydrogens is 349 g/mol. The molecule has 0 spiro atoms. The number of aromatic nitrogens is 2. The number of nitrogens with one attached hydrogen (secondary N) is 3. The molecule has 3 aromatic rings. The van der Waals surface area contributed by atoms with Gasteiger partial charge in [0, 0.05) is 11.8 Å². The lowest BCUT2D eigenvalue weighted by atomic mass is 9.97. The Balaban J connectivity index is 1.58. The number of anilines is 3. The van der Waals surface area contributed by atoms with Crippen LogP contribution in [0.2, 0.25) is 0 Å². The maximum Gasteiger partial charge on any atom is 0.227 e. The van der Waals surface area contributed by atoms with Crippen LogP contribution >= 0.6 is 0 Å². The van der Waals surface area contributed by atoms with Crippen molar-refractivity contribution >= 4 is 17.5 Å². The van der Waals surface area contributed by atoms with Crippen molar-refractivity contribution in [3.63, 3.8) is 0 Å². The SMILES string of the molecule is N=c1cc(N)n2c(n1)NC(CCCc1ccc(N)cc1F)(c1ccco1)N2. The van der Waals surface area contributed by atoms with Gasteiger partial charge < -0.3 is 21.2 Å². The maximum atomic E-state index is 14.1. The van der Waals surface area contributed by atoms with Crippen LogP contribution in [0.3, 0.4) is 0 Å². The fourth-order valence-electron chi connectivity index (χ4n) is 3.32. The lowest BCUT2D eigenvalue weighted by molar-refractivity contribution is 0.370. The third kappa shape index (κ3) is 3.07. The predicted octanol–water partition coefficient (Wildman–Crippen LogP) is 2.10. The Kier molecular flexibility index (Phi) is 3.98. The Labute approximate surface area is 154 Å². The van der Waals surface area contributed by atoms with E-state index >= 15 is 0 Å². The van der Waals surface area contributed by atoms with Gasteiger partial charge >= 0.3 is 0 Å². The summed E-state index contributed by atoms with van der Waals surface area (Å²) in [6.45, 7) is 0. The van der Waals surface area contributed by atoms with E-state index in [0.717, 1.165) is 0 Å². The van der Waals surface area contributed by atoms with Crippen molar-refractivity contribution in [1.82, 2.24) is 9.66 Å². The second-order valence-electron chi connectivity index (χ2n) is 6.55. The second-order valence-corrected chi connectivity index (χ2v) is 6.55. The van der Waals surface area contributed by atoms with Crippen LogP contribution in [0.5, 0.6) is 0 Å². The van der Waals surface area contributed by atoms with E-state index < -0.39 is 5.66 Å². The highest BCUT2D eigenvalue weighted by Crippen LogP contribution is 2.35. The molecule has 0 amide bonds. The molecule has 140 valence electrons. The third-order valence-corrected chi connectivity index (χ3v) is 4.63. The molecule has 1 aliphatic heterocycles. The van der Waals surface area contributed by atoms with Gasteiger partial charge in [-0.15, -0.1) is 0 Å². The molecule has 0 radical (unpaired) electrons. The Hall–Kier alpha value is -3.49. The zero-order valence-corrected chi connectivity index (χ0v) is 14.5. The normalized spacial score (nSPS) is 18.0. The second kappa shape index (κ2) is 6.35. The first-order valence-corrected chi connectivity index (χ1v) is 8.55. The van der Waals surface area contributed by atoms with Gasteiger partial charge in [0.15, 0.2) is 16.9 Å². The molecule has 0 fully saturated rings. The molecule has 27 heavy (non-hydrogen) atoms. The van der Waals surface area contributed by atoms with Crippen LogP contribution in [-0.2, 0) is 12.1 Å². The highest BCUT2D eigenvalue weighted by Gasteiger charge is 2.41. The van der Waals surface area contributed by atoms with Crippen molar-refractivity contribution in [3.05, 3.63) is 65.3 Å². The van der Waals surface area contributed by atoms with E-state index in [4.69, 9.17) is 21.3 Å². The van der Waals surface area contributed by atoms with Crippen LogP contribution in [0.1, 0.15) is 24.2 Å². The molecule has 7 N–H and O–H groups in total. The number of furan rings is 1. The van der Waals surface area contributed by atoms with Crippen molar-refractivity contribution in [3.8, 4) is 0 Å². The molecule has 4 rings (SSSR count). The number of benzene rings is 1. The Morgan fingerprint density at radius 3 is 2.85 bits per heavy atom. The minimum atomic E-state index is -0.796. The minimum absolute atomic E-state index is 0.0623. The van der Waals surface area contributed by atoms with Crippen molar-refractivity contribution < 1.29 is 8.81 Å². The van der Waals surface area contributed by atoms with Gasteiger partial charge in [-0.05, 0) is 49.1 Å². The number of nitrogen functional groups attached to an aromatic ring is 2. The summed E-state index contributed by atoms with van der Waals surface area (Å²) >= 11 is 0. The molecule has 0 saturated heterocycles. The molecule has 1 aliphatic rings. The van der Waals surface area contributed by atoms with Crippen LogP contribution in [0.4, 0.5) is 21.8 Å². The summed E-state index contributed by atoms with van der Waals surface area (Å²) in [5, 5.41) is 11.0. The van der Waals surface area contributed by atoms with Gasteiger partial charge in [-0.25, -0.2) is 9.07 Å². The van der Waals surface area contributed by atoms with Gasteiger partial charge in [0.25, 0.3) is 0 Å². The van der Waals surface area contributed by atoms with Gasteiger partial charge in [0.05, 0.1) is 6.26 Å². The van der Waals surface area contributed by atoms with Crippen molar-refractivity contribution in [2.45, 2.75) is 24.9 Å². The van der Waals surface area contributed by atoms with E-state index in [1.807, 2.05) is 6.07 Å². The standard InChI is InChI=1S/C18H20FN7O/c19-13-9-12(20)6-5-11(13)3-1-7-18(14-4-2-8-27-14)24-17-23-15(21)10-16(22)26(17)25-18/h2,4-6,8-10,25H,1,3,7,20,22H2,(H2,21,23,24). The predicted molar refractivity (Wildman–Crippen MR) is 99.6 cm³/mol. The molecule has 9 heteroatoms. The average Bonchev–Trinajstić information content (AvgIpc) is 3.25. The molecule has 1 atom stereocenters. The summed E-state index contributed by atoms with van der Waals surface area (Å²) in [6, 6.07) is 9.82. The van der Waals surface area contributed by atoms with Crippen LogP contribution in [-0.4, -0.2) is 9.66 Å². The Morgan fingerprint density at radius 1 is 1.26 bits per heavy atom. The zero-order valence-electron chi connectivity index (χ0n) is 14.5. The number of nitrogens with zero attached hydrogens (tertiary/aromatic N) is 2. The molecule has 8 nitrogen and oxygen atoms in total. The summed E-state index contributed by atoms with van der Waals surface area (Å²) in [4.78, 5) is 4.17. The monoisotopic (exact) mass is 369 g/mol. The maximum absolute atomic E-state index is 14.1. The van der Waals surface area contributed by atoms with E-state index in [1.54, 1.807) is 29.1 Å². The molecule has 0 aliphatic carbocycles. The Morgan fingerprint density at radius 2 is 2.11 bits per heavy atom. The summed E-state index contributed by atoms with van der Waals surface area (Å²) < 4.78 is 21.3. The van der Waals surface area contributed by atoms with Crippen LogP contribution in [0.25, 0.3) is 0 Å². The first-order chi connectivity index (χ1) is 13.0. The first kappa shape index (κ1) is 17.0. The van der Waals surface area contributed by atoms with E-state index in [1.165, 1.54) is 12.1 Å². The minimum Gasteiger partial charge on any atom is -0.465 e. The molecule has 0 bridgehead atoms. The average molecular weight is 369 g/mol. The van der Waals surface area contributed by atoms with E-state index in [0.29, 0.717) is 48.0 Å². The third-order valence-electron chi connectivity index (χ3n) is 4.63. The van der Waals surface area contributed by atoms with Crippen LogP contribution < -0.4 is 27.7 Å². The summed E-state index contributed by atoms with van der Waals surface area (Å²) in [7, 11) is 0. The molecule has 3 heterocycles. The highest BCUT2D eigenvalue weighted by atomic mass is 19.1. The van der Waals surface area contributed by atoms with Gasteiger partial charge in [-0.3, -0.25) is 10.8 Å². The first-order valence-electron chi connectivity index (χ1n) is 8.55. The molecule has 0 saturated carbocycles. The number of hydrogen-bond acceptors (Lipinski definition) is 7. The van der Waals surface area contributed by atoms with Gasteiger partial charge in [-0.2, -0.15) is 4.98 Å². The fourth-order valence-corrected chi connectivity index (χ4v) is 3.32. The van der Waals surface area contributed by atoms with E-state index in [9.17, 15) is 4.39 Å². The smallest absolute Gasteiger partial charge is 0.227 e. The quantitative estimate of drug-likeness (QED) is 0.438. The van der Waals surface area contributed by atoms with Crippen molar-refractivity contribution in [2.24, 2.45) is 0 Å². The number of rotatable bonds is 5. The number of fused-ring (bicyclic) bond motifs is 1. The van der Waals surface area contributed by atoms with Gasteiger partial charge in [0.2, 0.25) is 5.95 Å². The highest BCUT2D eigenvalue weighted by molar-refractivity contribution is 5.49. The van der Waals surface area contributed by atoms with E-state index in [-0.39, 0.29) is 11.3 Å². The summed E-state index contributed by atoms with van der Waals surface area (Å²) in [5.74, 6) is 1.12. The fraction of sp³-hybridized carbons (Fsp3) is 0.222. The molecule has 1 unspecified atom stereocenters. The van der Waals surface area contributed by atoms with Crippen LogP contribution in [0.15, 0.2) is 47.1 Å². The molecule has 2 aromatic heterocycles. The van der Waals surface area contributed by atoms with Crippen LogP contribution in [0, 0.1) is 11.2 Å². The largest absolute Gasteiger partial charge is 0.465 e.